The van der Waals surface area contributed by atoms with Crippen LogP contribution in [0.2, 0.25) is 0 Å². The van der Waals surface area contributed by atoms with Crippen molar-refractivity contribution < 1.29 is 19.2 Å². The summed E-state index contributed by atoms with van der Waals surface area (Å²) in [4.78, 5) is 36.7. The van der Waals surface area contributed by atoms with Gasteiger partial charge in [0.15, 0.2) is 5.78 Å². The number of ketones is 1. The van der Waals surface area contributed by atoms with Gasteiger partial charge in [-0.1, -0.05) is 18.2 Å². The Balaban J connectivity index is 2.24. The number of hydrogen-bond donors (Lipinski definition) is 1. The Morgan fingerprint density at radius 2 is 1.89 bits per heavy atom. The number of carbonyl (C=O) groups excluding carboxylic acids is 2. The smallest absolute Gasteiger partial charge is 0.283 e. The van der Waals surface area contributed by atoms with Crippen LogP contribution < -0.4 is 5.32 Å². The molecule has 0 aliphatic carbocycles. The summed E-state index contributed by atoms with van der Waals surface area (Å²) in [5, 5.41) is 14.0. The Morgan fingerprint density at radius 3 is 2.54 bits per heavy atom. The van der Waals surface area contributed by atoms with Crippen LogP contribution >= 0.6 is 11.8 Å². The number of nitrogens with zero attached hydrogens (tertiary/aromatic N) is 1. The highest BCUT2D eigenvalue weighted by molar-refractivity contribution is 7.98. The first-order valence-corrected chi connectivity index (χ1v) is 10.0. The molecule has 1 N–H and O–H groups in total. The number of nitrogens with one attached hydrogen (secondary N) is 1. The van der Waals surface area contributed by atoms with E-state index in [2.05, 4.69) is 5.32 Å². The predicted molar refractivity (Wildman–Crippen MR) is 108 cm³/mol. The van der Waals surface area contributed by atoms with E-state index in [-0.39, 0.29) is 28.3 Å². The molecule has 2 aromatic rings. The Bertz CT molecular complexity index is 869. The minimum Gasteiger partial charge on any atom is -0.382 e. The molecule has 0 bridgehead atoms. The molecular weight excluding hydrogens is 380 g/mol. The second-order valence-corrected chi connectivity index (χ2v) is 6.67. The summed E-state index contributed by atoms with van der Waals surface area (Å²) in [6.07, 6.45) is 2.40. The molecule has 0 aliphatic heterocycles. The average molecular weight is 402 g/mol. The van der Waals surface area contributed by atoms with Crippen LogP contribution in [0.3, 0.4) is 0 Å². The topological polar surface area (TPSA) is 98.5 Å². The highest BCUT2D eigenvalue weighted by Crippen LogP contribution is 2.29. The lowest BCUT2D eigenvalue weighted by atomic mass is 9.97. The maximum absolute atomic E-state index is 12.9. The van der Waals surface area contributed by atoms with Crippen molar-refractivity contribution in [1.82, 2.24) is 5.32 Å². The van der Waals surface area contributed by atoms with Crippen molar-refractivity contribution in [3.8, 4) is 0 Å². The van der Waals surface area contributed by atoms with E-state index >= 15 is 0 Å². The van der Waals surface area contributed by atoms with Gasteiger partial charge in [-0.2, -0.15) is 0 Å². The number of ether oxygens (including phenoxy) is 1. The molecule has 0 saturated heterocycles. The summed E-state index contributed by atoms with van der Waals surface area (Å²) in [7, 11) is 0. The molecule has 0 unspecified atom stereocenters. The molecule has 2 aromatic carbocycles. The summed E-state index contributed by atoms with van der Waals surface area (Å²) >= 11 is 1.24. The quantitative estimate of drug-likeness (QED) is 0.214. The van der Waals surface area contributed by atoms with Crippen molar-refractivity contribution in [3.05, 3.63) is 69.3 Å². The lowest BCUT2D eigenvalue weighted by Gasteiger charge is -2.10. The lowest BCUT2D eigenvalue weighted by molar-refractivity contribution is -0.387. The molecular formula is C20H22N2O5S. The van der Waals surface area contributed by atoms with Crippen LogP contribution in [0.5, 0.6) is 0 Å². The van der Waals surface area contributed by atoms with Crippen LogP contribution in [0.4, 0.5) is 5.69 Å². The number of carbonyl (C=O) groups is 2. The second kappa shape index (κ2) is 10.6. The molecule has 1 amide bonds. The van der Waals surface area contributed by atoms with Gasteiger partial charge in [0, 0.05) is 37.0 Å². The third-order valence-corrected chi connectivity index (χ3v) is 4.79. The molecule has 0 radical (unpaired) electrons. The Labute approximate surface area is 167 Å². The van der Waals surface area contributed by atoms with Gasteiger partial charge in [-0.3, -0.25) is 19.7 Å². The van der Waals surface area contributed by atoms with Crippen molar-refractivity contribution in [2.75, 3.05) is 26.0 Å². The zero-order valence-electron chi connectivity index (χ0n) is 15.8. The highest BCUT2D eigenvalue weighted by Gasteiger charge is 2.21. The zero-order chi connectivity index (χ0) is 20.5. The number of rotatable bonds is 10. The van der Waals surface area contributed by atoms with E-state index in [1.807, 2.05) is 6.92 Å². The van der Waals surface area contributed by atoms with E-state index in [0.29, 0.717) is 31.1 Å². The first kappa shape index (κ1) is 21.6. The lowest BCUT2D eigenvalue weighted by Crippen LogP contribution is -2.27. The molecule has 148 valence electrons. The number of hydrogen-bond acceptors (Lipinski definition) is 6. The summed E-state index contributed by atoms with van der Waals surface area (Å²) in [5.41, 5.74) is 0.480. The molecule has 0 aliphatic rings. The van der Waals surface area contributed by atoms with Crippen LogP contribution in [-0.4, -0.2) is 42.6 Å². The van der Waals surface area contributed by atoms with Crippen LogP contribution in [0, 0.1) is 10.1 Å². The van der Waals surface area contributed by atoms with Crippen LogP contribution in [0.15, 0.2) is 47.4 Å². The molecule has 7 nitrogen and oxygen atoms in total. The van der Waals surface area contributed by atoms with Gasteiger partial charge in [0.25, 0.3) is 11.6 Å². The normalized spacial score (nSPS) is 10.5. The Morgan fingerprint density at radius 1 is 1.18 bits per heavy atom. The molecule has 2 rings (SSSR count). The van der Waals surface area contributed by atoms with Crippen LogP contribution in [-0.2, 0) is 4.74 Å². The van der Waals surface area contributed by atoms with Gasteiger partial charge >= 0.3 is 0 Å². The van der Waals surface area contributed by atoms with Crippen LogP contribution in [0.1, 0.15) is 39.6 Å². The van der Waals surface area contributed by atoms with E-state index in [1.165, 1.54) is 23.9 Å². The van der Waals surface area contributed by atoms with E-state index in [4.69, 9.17) is 4.74 Å². The number of amides is 1. The zero-order valence-corrected chi connectivity index (χ0v) is 16.6. The summed E-state index contributed by atoms with van der Waals surface area (Å²) in [6.45, 7) is 3.49. The third kappa shape index (κ3) is 5.40. The second-order valence-electron chi connectivity index (χ2n) is 5.82. The molecule has 8 heteroatoms. The maximum atomic E-state index is 12.9. The Hall–Kier alpha value is -2.71. The minimum absolute atomic E-state index is 0.129. The van der Waals surface area contributed by atoms with Crippen molar-refractivity contribution in [3.63, 3.8) is 0 Å². The minimum atomic E-state index is -0.514. The molecule has 0 heterocycles. The van der Waals surface area contributed by atoms with Gasteiger partial charge in [0.1, 0.15) is 0 Å². The third-order valence-electron chi connectivity index (χ3n) is 4.01. The molecule has 0 saturated carbocycles. The summed E-state index contributed by atoms with van der Waals surface area (Å²) in [5.74, 6) is -0.800. The number of nitro benzene ring substituents is 1. The largest absolute Gasteiger partial charge is 0.382 e. The number of benzene rings is 2. The van der Waals surface area contributed by atoms with Crippen molar-refractivity contribution in [1.29, 1.82) is 0 Å². The van der Waals surface area contributed by atoms with Crippen LogP contribution in [0.25, 0.3) is 0 Å². The fourth-order valence-electron chi connectivity index (χ4n) is 2.62. The van der Waals surface area contributed by atoms with E-state index in [1.54, 1.807) is 36.6 Å². The predicted octanol–water partition coefficient (Wildman–Crippen LogP) is 3.70. The SMILES string of the molecule is CCOCCCNC(=O)c1ccccc1C(=O)c1ccc(SC)c([N+](=O)[O-])c1. The monoisotopic (exact) mass is 402 g/mol. The van der Waals surface area contributed by atoms with Gasteiger partial charge in [-0.25, -0.2) is 0 Å². The van der Waals surface area contributed by atoms with Gasteiger partial charge < -0.3 is 10.1 Å². The van der Waals surface area contributed by atoms with Gasteiger partial charge in [-0.05, 0) is 37.8 Å². The fraction of sp³-hybridized carbons (Fsp3) is 0.300. The highest BCUT2D eigenvalue weighted by atomic mass is 32.2. The standard InChI is InChI=1S/C20H22N2O5S/c1-3-27-12-6-11-21-20(24)16-8-5-4-7-15(16)19(23)14-9-10-18(28-2)17(13-14)22(25)26/h4-5,7-10,13H,3,6,11-12H2,1-2H3,(H,21,24). The van der Waals surface area contributed by atoms with Crippen molar-refractivity contribution in [2.45, 2.75) is 18.2 Å². The van der Waals surface area contributed by atoms with Gasteiger partial charge in [-0.15, -0.1) is 11.8 Å². The van der Waals surface area contributed by atoms with E-state index in [9.17, 15) is 19.7 Å². The number of thioether (sulfide) groups is 1. The summed E-state index contributed by atoms with van der Waals surface area (Å²) in [6, 6.07) is 10.8. The first-order valence-electron chi connectivity index (χ1n) is 8.81. The van der Waals surface area contributed by atoms with E-state index < -0.39 is 10.7 Å². The molecule has 0 fully saturated rings. The average Bonchev–Trinajstić information content (AvgIpc) is 2.72. The van der Waals surface area contributed by atoms with Crippen molar-refractivity contribution >= 4 is 29.1 Å². The molecule has 28 heavy (non-hydrogen) atoms. The van der Waals surface area contributed by atoms with Gasteiger partial charge in [0.05, 0.1) is 15.4 Å². The van der Waals surface area contributed by atoms with Gasteiger partial charge in [0.2, 0.25) is 0 Å². The fourth-order valence-corrected chi connectivity index (χ4v) is 3.17. The summed E-state index contributed by atoms with van der Waals surface area (Å²) < 4.78 is 5.23. The molecule has 0 atom stereocenters. The van der Waals surface area contributed by atoms with E-state index in [0.717, 1.165) is 0 Å². The maximum Gasteiger partial charge on any atom is 0.283 e. The van der Waals surface area contributed by atoms with Crippen molar-refractivity contribution in [2.24, 2.45) is 0 Å². The first-order chi connectivity index (χ1) is 13.5. The number of nitro groups is 1. The Kier molecular flexibility index (Phi) is 8.16. The molecule has 0 aromatic heterocycles. The molecule has 0 spiro atoms.